The number of anilines is 1. The monoisotopic (exact) mass is 420 g/mol. The smallest absolute Gasteiger partial charge is 0.245 e. The van der Waals surface area contributed by atoms with Gasteiger partial charge in [0.2, 0.25) is 5.95 Å². The van der Waals surface area contributed by atoms with Crippen LogP contribution in [0, 0.1) is 13.8 Å². The van der Waals surface area contributed by atoms with Crippen molar-refractivity contribution in [1.82, 2.24) is 15.4 Å². The number of furan rings is 1. The molecule has 7 heteroatoms. The summed E-state index contributed by atoms with van der Waals surface area (Å²) in [5.74, 6) is 1.48. The highest BCUT2D eigenvalue weighted by atomic mass is 35.5. The summed E-state index contributed by atoms with van der Waals surface area (Å²) >= 11 is 6.29. The summed E-state index contributed by atoms with van der Waals surface area (Å²) in [6.45, 7) is 3.88. The van der Waals surface area contributed by atoms with E-state index in [-0.39, 0.29) is 17.7 Å². The van der Waals surface area contributed by atoms with E-state index >= 15 is 0 Å². The van der Waals surface area contributed by atoms with Gasteiger partial charge in [0.1, 0.15) is 11.8 Å². The zero-order valence-corrected chi connectivity index (χ0v) is 17.5. The number of carbonyl (C=O) groups excluding carboxylic acids is 1. The van der Waals surface area contributed by atoms with E-state index in [0.717, 1.165) is 34.0 Å². The number of nitrogens with one attached hydrogen (secondary N) is 1. The van der Waals surface area contributed by atoms with Gasteiger partial charge >= 0.3 is 0 Å². The third-order valence-electron chi connectivity index (χ3n) is 5.59. The van der Waals surface area contributed by atoms with Gasteiger partial charge < -0.3 is 4.42 Å². The van der Waals surface area contributed by atoms with Crippen LogP contribution in [0.4, 0.5) is 5.95 Å². The fourth-order valence-electron chi connectivity index (χ4n) is 4.39. The van der Waals surface area contributed by atoms with Crippen LogP contribution in [-0.2, 0) is 4.79 Å². The molecule has 2 unspecified atom stereocenters. The number of hydrogen-bond acceptors (Lipinski definition) is 6. The highest BCUT2D eigenvalue weighted by Crippen LogP contribution is 2.45. The number of hydrazine groups is 1. The van der Waals surface area contributed by atoms with Gasteiger partial charge in [-0.25, -0.2) is 15.0 Å². The lowest BCUT2D eigenvalue weighted by atomic mass is 9.81. The van der Waals surface area contributed by atoms with Crippen LogP contribution in [0.1, 0.15) is 47.5 Å². The molecular weight excluding hydrogens is 400 g/mol. The molecule has 6 nitrogen and oxygen atoms in total. The van der Waals surface area contributed by atoms with Gasteiger partial charge in [-0.2, -0.15) is 0 Å². The quantitative estimate of drug-likeness (QED) is 0.655. The zero-order chi connectivity index (χ0) is 20.8. The van der Waals surface area contributed by atoms with Crippen LogP contribution in [0.2, 0.25) is 5.02 Å². The topological polar surface area (TPSA) is 71.3 Å². The molecule has 0 saturated carbocycles. The van der Waals surface area contributed by atoms with E-state index in [1.54, 1.807) is 6.26 Å². The van der Waals surface area contributed by atoms with Gasteiger partial charge in [0.25, 0.3) is 0 Å². The largest absolute Gasteiger partial charge is 0.469 e. The van der Waals surface area contributed by atoms with Gasteiger partial charge in [-0.3, -0.25) is 10.2 Å². The lowest BCUT2D eigenvalue weighted by molar-refractivity contribution is -0.116. The number of aromatic nitrogens is 2. The van der Waals surface area contributed by atoms with Crippen LogP contribution in [0.25, 0.3) is 0 Å². The molecule has 1 aliphatic carbocycles. The maximum absolute atomic E-state index is 13.3. The normalized spacial score (nSPS) is 21.0. The summed E-state index contributed by atoms with van der Waals surface area (Å²) in [4.78, 5) is 22.6. The second kappa shape index (κ2) is 7.29. The number of aryl methyl sites for hydroxylation is 2. The Bertz CT molecular complexity index is 1140. The van der Waals surface area contributed by atoms with E-state index in [1.807, 2.05) is 61.3 Å². The Balaban J connectivity index is 1.60. The summed E-state index contributed by atoms with van der Waals surface area (Å²) in [6.07, 6.45) is 2.75. The molecule has 2 aliphatic rings. The van der Waals surface area contributed by atoms with E-state index < -0.39 is 0 Å². The fraction of sp³-hybridized carbons (Fsp3) is 0.261. The number of Topliss-reactive ketones (excluding diaryl/α,β-unsaturated/α-hetero) is 1. The molecule has 0 bridgehead atoms. The fourth-order valence-corrected chi connectivity index (χ4v) is 4.59. The molecule has 152 valence electrons. The van der Waals surface area contributed by atoms with Crippen molar-refractivity contribution in [2.24, 2.45) is 0 Å². The Hall–Kier alpha value is -3.12. The van der Waals surface area contributed by atoms with Crippen molar-refractivity contribution >= 4 is 23.3 Å². The maximum Gasteiger partial charge on any atom is 0.245 e. The SMILES string of the molecule is Cc1cc(C)nc(N2NC3=C(C(=O)CC(c4ccco4)C3)C2c2cccc(Cl)c2)n1. The van der Waals surface area contributed by atoms with Gasteiger partial charge in [0.05, 0.1) is 6.26 Å². The third-order valence-corrected chi connectivity index (χ3v) is 5.83. The molecule has 0 amide bonds. The summed E-state index contributed by atoms with van der Waals surface area (Å²) < 4.78 is 5.58. The molecule has 0 saturated heterocycles. The van der Waals surface area contributed by atoms with Crippen LogP contribution in [-0.4, -0.2) is 15.8 Å². The summed E-state index contributed by atoms with van der Waals surface area (Å²) in [5.41, 5.74) is 7.74. The number of carbonyl (C=O) groups is 1. The Kier molecular flexibility index (Phi) is 4.59. The summed E-state index contributed by atoms with van der Waals surface area (Å²) in [7, 11) is 0. The van der Waals surface area contributed by atoms with Crippen molar-refractivity contribution < 1.29 is 9.21 Å². The van der Waals surface area contributed by atoms with Gasteiger partial charge in [0, 0.05) is 40.0 Å². The molecular formula is C23H21ClN4O2. The Morgan fingerprint density at radius 2 is 1.90 bits per heavy atom. The minimum Gasteiger partial charge on any atom is -0.469 e. The van der Waals surface area contributed by atoms with E-state index in [4.69, 9.17) is 16.0 Å². The van der Waals surface area contributed by atoms with Gasteiger partial charge in [-0.15, -0.1) is 0 Å². The average Bonchev–Trinajstić information content (AvgIpc) is 3.35. The Morgan fingerprint density at radius 3 is 2.60 bits per heavy atom. The zero-order valence-electron chi connectivity index (χ0n) is 16.7. The molecule has 3 heterocycles. The second-order valence-electron chi connectivity index (χ2n) is 7.83. The van der Waals surface area contributed by atoms with Crippen molar-refractivity contribution in [1.29, 1.82) is 0 Å². The first-order valence-electron chi connectivity index (χ1n) is 9.93. The van der Waals surface area contributed by atoms with Crippen LogP contribution in [0.5, 0.6) is 0 Å². The van der Waals surface area contributed by atoms with Crippen LogP contribution in [0.15, 0.2) is 64.4 Å². The maximum atomic E-state index is 13.3. The molecule has 0 spiro atoms. The minimum atomic E-state index is -0.343. The number of ketones is 1. The van der Waals surface area contributed by atoms with Crippen molar-refractivity contribution in [2.75, 3.05) is 5.01 Å². The molecule has 2 atom stereocenters. The molecule has 30 heavy (non-hydrogen) atoms. The number of nitrogens with zero attached hydrogens (tertiary/aromatic N) is 3. The van der Waals surface area contributed by atoms with Gasteiger partial charge in [0.15, 0.2) is 5.78 Å². The number of rotatable bonds is 3. The lowest BCUT2D eigenvalue weighted by Crippen LogP contribution is -2.36. The number of benzene rings is 1. The summed E-state index contributed by atoms with van der Waals surface area (Å²) in [6, 6.07) is 13.0. The van der Waals surface area contributed by atoms with Gasteiger partial charge in [-0.1, -0.05) is 23.7 Å². The molecule has 0 radical (unpaired) electrons. The summed E-state index contributed by atoms with van der Waals surface area (Å²) in [5, 5.41) is 2.51. The molecule has 0 fully saturated rings. The highest BCUT2D eigenvalue weighted by Gasteiger charge is 2.43. The first-order chi connectivity index (χ1) is 14.5. The van der Waals surface area contributed by atoms with E-state index in [0.29, 0.717) is 23.8 Å². The third kappa shape index (κ3) is 3.27. The average molecular weight is 421 g/mol. The molecule has 1 N–H and O–H groups in total. The van der Waals surface area contributed by atoms with Crippen molar-refractivity contribution in [3.8, 4) is 0 Å². The standard InChI is InChI=1S/C23H21ClN4O2/c1-13-9-14(2)26-23(25-13)28-22(15-5-3-6-17(24)10-15)21-18(27-28)11-16(12-19(21)29)20-7-4-8-30-20/h3-10,16,22,27H,11-12H2,1-2H3. The molecule has 1 aliphatic heterocycles. The van der Waals surface area contributed by atoms with Crippen LogP contribution in [0.3, 0.4) is 0 Å². The second-order valence-corrected chi connectivity index (χ2v) is 8.26. The van der Waals surface area contributed by atoms with Crippen molar-refractivity contribution in [3.63, 3.8) is 0 Å². The lowest BCUT2D eigenvalue weighted by Gasteiger charge is -2.27. The van der Waals surface area contributed by atoms with Gasteiger partial charge in [-0.05, 0) is 56.2 Å². The predicted octanol–water partition coefficient (Wildman–Crippen LogP) is 4.81. The molecule has 3 aromatic rings. The first kappa shape index (κ1) is 18.9. The first-order valence-corrected chi connectivity index (χ1v) is 10.3. The van der Waals surface area contributed by atoms with E-state index in [9.17, 15) is 4.79 Å². The molecule has 5 rings (SSSR count). The van der Waals surface area contributed by atoms with Crippen molar-refractivity contribution in [2.45, 2.75) is 38.6 Å². The highest BCUT2D eigenvalue weighted by molar-refractivity contribution is 6.30. The Morgan fingerprint density at radius 1 is 1.10 bits per heavy atom. The predicted molar refractivity (Wildman–Crippen MR) is 114 cm³/mol. The van der Waals surface area contributed by atoms with E-state index in [2.05, 4.69) is 15.4 Å². The van der Waals surface area contributed by atoms with E-state index in [1.165, 1.54) is 0 Å². The minimum absolute atomic E-state index is 0.0128. The number of allylic oxidation sites excluding steroid dienone is 1. The number of halogens is 1. The van der Waals surface area contributed by atoms with Crippen molar-refractivity contribution in [3.05, 3.63) is 87.7 Å². The van der Waals surface area contributed by atoms with Crippen LogP contribution < -0.4 is 10.4 Å². The molecule has 2 aromatic heterocycles. The Labute approximate surface area is 179 Å². The molecule has 1 aromatic carbocycles. The van der Waals surface area contributed by atoms with Crippen LogP contribution >= 0.6 is 11.6 Å². The number of hydrogen-bond donors (Lipinski definition) is 1.